The van der Waals surface area contributed by atoms with Gasteiger partial charge in [0, 0.05) is 18.0 Å². The van der Waals surface area contributed by atoms with Crippen molar-refractivity contribution in [2.24, 2.45) is 5.41 Å². The molecule has 0 aliphatic carbocycles. The van der Waals surface area contributed by atoms with Gasteiger partial charge in [0.15, 0.2) is 11.1 Å². The number of carbonyl (C=O) groups is 2. The number of carbonyl (C=O) groups excluding carboxylic acids is 2. The molecule has 0 N–H and O–H groups in total. The molecule has 0 aliphatic rings. The van der Waals surface area contributed by atoms with E-state index in [0.717, 1.165) is 51.4 Å². The molecular weight excluding hydrogens is 502 g/mol. The van der Waals surface area contributed by atoms with Crippen molar-refractivity contribution < 1.29 is 19.1 Å². The summed E-state index contributed by atoms with van der Waals surface area (Å²) in [6, 6.07) is 19.8. The van der Waals surface area contributed by atoms with Crippen LogP contribution in [0.5, 0.6) is 0 Å². The molecule has 4 aromatic rings. The van der Waals surface area contributed by atoms with Crippen LogP contribution in [0.15, 0.2) is 60.7 Å². The lowest BCUT2D eigenvalue weighted by atomic mass is 9.67. The SMILES string of the molecule is CCOC(=O)C(CC)(C(=O)OCC)C(c1ccccc1)c1ccc(Cn2c(CC)nc3c(C)cc(C)nc32)cc1. The minimum absolute atomic E-state index is 0.173. The highest BCUT2D eigenvalue weighted by Crippen LogP contribution is 2.46. The molecule has 210 valence electrons. The highest BCUT2D eigenvalue weighted by atomic mass is 16.6. The average Bonchev–Trinajstić information content (AvgIpc) is 3.30. The molecule has 1 atom stereocenters. The zero-order chi connectivity index (χ0) is 28.9. The Hall–Kier alpha value is -4.00. The van der Waals surface area contributed by atoms with Gasteiger partial charge in [0.1, 0.15) is 11.3 Å². The van der Waals surface area contributed by atoms with Gasteiger partial charge in [-0.3, -0.25) is 9.59 Å². The van der Waals surface area contributed by atoms with Crippen LogP contribution in [0.3, 0.4) is 0 Å². The van der Waals surface area contributed by atoms with E-state index in [0.29, 0.717) is 6.54 Å². The maximum absolute atomic E-state index is 13.6. The molecular formula is C33H39N3O4. The molecule has 2 aromatic heterocycles. The van der Waals surface area contributed by atoms with Crippen LogP contribution in [0.1, 0.15) is 73.8 Å². The molecule has 0 fully saturated rings. The number of rotatable bonds is 11. The number of hydrogen-bond acceptors (Lipinski definition) is 6. The molecule has 0 aliphatic heterocycles. The van der Waals surface area contributed by atoms with Crippen LogP contribution < -0.4 is 0 Å². The molecule has 1 unspecified atom stereocenters. The predicted molar refractivity (Wildman–Crippen MR) is 156 cm³/mol. The van der Waals surface area contributed by atoms with E-state index in [1.807, 2.05) is 56.3 Å². The van der Waals surface area contributed by atoms with Gasteiger partial charge in [-0.05, 0) is 62.4 Å². The second-order valence-corrected chi connectivity index (χ2v) is 10.1. The molecule has 2 aromatic carbocycles. The van der Waals surface area contributed by atoms with Gasteiger partial charge in [-0.15, -0.1) is 0 Å². The Labute approximate surface area is 236 Å². The molecule has 0 saturated heterocycles. The lowest BCUT2D eigenvalue weighted by Gasteiger charge is -2.36. The first kappa shape index (κ1) is 29.0. The smallest absolute Gasteiger partial charge is 0.324 e. The largest absolute Gasteiger partial charge is 0.465 e. The van der Waals surface area contributed by atoms with Crippen molar-refractivity contribution in [3.63, 3.8) is 0 Å². The number of aromatic nitrogens is 3. The van der Waals surface area contributed by atoms with Gasteiger partial charge >= 0.3 is 11.9 Å². The lowest BCUT2D eigenvalue weighted by Crippen LogP contribution is -2.47. The van der Waals surface area contributed by atoms with E-state index in [4.69, 9.17) is 19.4 Å². The first-order valence-corrected chi connectivity index (χ1v) is 14.1. The third-order valence-corrected chi connectivity index (χ3v) is 7.53. The molecule has 0 amide bonds. The van der Waals surface area contributed by atoms with Gasteiger partial charge in [-0.2, -0.15) is 0 Å². The molecule has 0 bridgehead atoms. The zero-order valence-electron chi connectivity index (χ0n) is 24.4. The van der Waals surface area contributed by atoms with E-state index in [-0.39, 0.29) is 19.6 Å². The molecule has 0 saturated carbocycles. The third kappa shape index (κ3) is 5.37. The molecule has 0 radical (unpaired) electrons. The van der Waals surface area contributed by atoms with Crippen molar-refractivity contribution in [3.8, 4) is 0 Å². The van der Waals surface area contributed by atoms with Crippen LogP contribution in [-0.4, -0.2) is 39.7 Å². The second-order valence-electron chi connectivity index (χ2n) is 10.1. The number of benzene rings is 2. The van der Waals surface area contributed by atoms with Crippen molar-refractivity contribution in [2.45, 2.75) is 66.8 Å². The van der Waals surface area contributed by atoms with E-state index in [1.54, 1.807) is 13.8 Å². The minimum Gasteiger partial charge on any atom is -0.465 e. The van der Waals surface area contributed by atoms with E-state index >= 15 is 0 Å². The Morgan fingerprint density at radius 2 is 1.45 bits per heavy atom. The third-order valence-electron chi connectivity index (χ3n) is 7.53. The van der Waals surface area contributed by atoms with E-state index < -0.39 is 23.3 Å². The van der Waals surface area contributed by atoms with E-state index in [2.05, 4.69) is 36.6 Å². The summed E-state index contributed by atoms with van der Waals surface area (Å²) in [5, 5.41) is 0. The first-order valence-electron chi connectivity index (χ1n) is 14.1. The van der Waals surface area contributed by atoms with Gasteiger partial charge in [0.25, 0.3) is 0 Å². The normalized spacial score (nSPS) is 12.3. The fourth-order valence-corrected chi connectivity index (χ4v) is 5.62. The van der Waals surface area contributed by atoms with E-state index in [9.17, 15) is 9.59 Å². The first-order chi connectivity index (χ1) is 19.3. The minimum atomic E-state index is -1.52. The van der Waals surface area contributed by atoms with Crippen LogP contribution in [0, 0.1) is 19.3 Å². The van der Waals surface area contributed by atoms with Crippen LogP contribution in [0.25, 0.3) is 11.2 Å². The average molecular weight is 542 g/mol. The van der Waals surface area contributed by atoms with Gasteiger partial charge in [-0.1, -0.05) is 68.4 Å². The summed E-state index contributed by atoms with van der Waals surface area (Å²) in [6.07, 6.45) is 1.03. The number of esters is 2. The summed E-state index contributed by atoms with van der Waals surface area (Å²) >= 11 is 0. The number of nitrogens with zero attached hydrogens (tertiary/aromatic N) is 3. The van der Waals surface area contributed by atoms with Crippen molar-refractivity contribution in [2.75, 3.05) is 13.2 Å². The van der Waals surface area contributed by atoms with Crippen molar-refractivity contribution in [1.82, 2.24) is 14.5 Å². The number of hydrogen-bond donors (Lipinski definition) is 0. The van der Waals surface area contributed by atoms with E-state index in [1.165, 1.54) is 0 Å². The summed E-state index contributed by atoms with van der Waals surface area (Å²) in [5.41, 5.74) is 5.13. The molecule has 7 nitrogen and oxygen atoms in total. The zero-order valence-corrected chi connectivity index (χ0v) is 24.4. The van der Waals surface area contributed by atoms with Crippen LogP contribution >= 0.6 is 0 Å². The highest BCUT2D eigenvalue weighted by Gasteiger charge is 2.54. The van der Waals surface area contributed by atoms with Crippen molar-refractivity contribution >= 4 is 23.1 Å². The Kier molecular flexibility index (Phi) is 9.03. The monoisotopic (exact) mass is 541 g/mol. The summed E-state index contributed by atoms with van der Waals surface area (Å²) in [7, 11) is 0. The van der Waals surface area contributed by atoms with Gasteiger partial charge in [0.2, 0.25) is 0 Å². The molecule has 7 heteroatoms. The summed E-state index contributed by atoms with van der Waals surface area (Å²) in [5.74, 6) is -0.735. The number of pyridine rings is 1. The Balaban J connectivity index is 1.81. The maximum atomic E-state index is 13.6. The summed E-state index contributed by atoms with van der Waals surface area (Å²) in [4.78, 5) is 36.8. The number of fused-ring (bicyclic) bond motifs is 1. The standard InChI is InChI=1S/C33H39N3O4/c1-7-27-35-29-22(5)20-23(6)34-30(29)36(27)21-24-16-18-26(19-17-24)28(25-14-12-11-13-15-25)33(8-2,31(37)39-9-3)32(38)40-10-4/h11-20,28H,7-10,21H2,1-6H3. The highest BCUT2D eigenvalue weighted by molar-refractivity contribution is 6.02. The van der Waals surface area contributed by atoms with Gasteiger partial charge in [-0.25, -0.2) is 9.97 Å². The van der Waals surface area contributed by atoms with Crippen LogP contribution in [0.4, 0.5) is 0 Å². The Bertz CT molecular complexity index is 1460. The molecule has 0 spiro atoms. The fourth-order valence-electron chi connectivity index (χ4n) is 5.62. The molecule has 2 heterocycles. The van der Waals surface area contributed by atoms with Gasteiger partial charge in [0.05, 0.1) is 19.8 Å². The maximum Gasteiger partial charge on any atom is 0.324 e. The Morgan fingerprint density at radius 1 is 0.850 bits per heavy atom. The quantitative estimate of drug-likeness (QED) is 0.163. The lowest BCUT2D eigenvalue weighted by molar-refractivity contribution is -0.173. The van der Waals surface area contributed by atoms with Crippen LogP contribution in [0.2, 0.25) is 0 Å². The molecule has 4 rings (SSSR count). The number of ether oxygens (including phenoxy) is 2. The van der Waals surface area contributed by atoms with Gasteiger partial charge < -0.3 is 14.0 Å². The fraction of sp³-hybridized carbons (Fsp3) is 0.394. The summed E-state index contributed by atoms with van der Waals surface area (Å²) in [6.45, 7) is 12.5. The van der Waals surface area contributed by atoms with Crippen molar-refractivity contribution in [3.05, 3.63) is 94.4 Å². The second kappa shape index (κ2) is 12.5. The molecule has 40 heavy (non-hydrogen) atoms. The topological polar surface area (TPSA) is 83.3 Å². The number of aryl methyl sites for hydroxylation is 3. The summed E-state index contributed by atoms with van der Waals surface area (Å²) < 4.78 is 13.2. The Morgan fingerprint density at radius 3 is 2.00 bits per heavy atom. The van der Waals surface area contributed by atoms with Crippen LogP contribution in [-0.2, 0) is 32.0 Å². The number of imidazole rings is 1. The van der Waals surface area contributed by atoms with Crippen molar-refractivity contribution in [1.29, 1.82) is 0 Å². The predicted octanol–water partition coefficient (Wildman–Crippen LogP) is 6.31.